The summed E-state index contributed by atoms with van der Waals surface area (Å²) in [6, 6.07) is 8.28. The molecule has 1 aromatic carbocycles. The third-order valence-electron chi connectivity index (χ3n) is 6.15. The molecule has 0 saturated carbocycles. The van der Waals surface area contributed by atoms with Gasteiger partial charge in [0.15, 0.2) is 0 Å². The molecular weight excluding hydrogens is 422 g/mol. The highest BCUT2D eigenvalue weighted by Crippen LogP contribution is 2.34. The molecule has 6 rings (SSSR count). The molecule has 0 spiro atoms. The SMILES string of the molecule is Fc1cc(F)c(-c2n[nH]cc2-c2ccc3ncc(N4CC5CNC5C4)cc3n2)cc1Cl. The van der Waals surface area contributed by atoms with E-state index in [1.807, 2.05) is 24.4 Å². The second kappa shape index (κ2) is 6.96. The van der Waals surface area contributed by atoms with Crippen LogP contribution in [-0.2, 0) is 0 Å². The van der Waals surface area contributed by atoms with Gasteiger partial charge in [0.2, 0.25) is 0 Å². The van der Waals surface area contributed by atoms with Crippen molar-refractivity contribution in [3.63, 3.8) is 0 Å². The van der Waals surface area contributed by atoms with Gasteiger partial charge in [-0.15, -0.1) is 0 Å². The number of halogens is 3. The van der Waals surface area contributed by atoms with Crippen molar-refractivity contribution in [1.29, 1.82) is 0 Å². The second-order valence-electron chi connectivity index (χ2n) is 8.00. The van der Waals surface area contributed by atoms with Gasteiger partial charge in [-0.05, 0) is 24.3 Å². The van der Waals surface area contributed by atoms with Crippen molar-refractivity contribution in [1.82, 2.24) is 25.5 Å². The lowest BCUT2D eigenvalue weighted by Gasteiger charge is -2.29. The second-order valence-corrected chi connectivity index (χ2v) is 8.41. The number of hydrogen-bond donors (Lipinski definition) is 2. The minimum absolute atomic E-state index is 0.108. The Kier molecular flexibility index (Phi) is 4.19. The standard InChI is InChI=1S/C22H17ClF2N6/c23-15-4-13(16(24)5-17(15)25)22-14(8-28-30-22)18-1-2-19-20(29-18)3-12(7-27-19)31-9-11-6-26-21(11)10-31/h1-5,7-8,11,21,26H,6,9-10H2,(H,28,30). The summed E-state index contributed by atoms with van der Waals surface area (Å²) in [7, 11) is 0. The summed E-state index contributed by atoms with van der Waals surface area (Å²) in [4.78, 5) is 11.7. The number of rotatable bonds is 3. The Morgan fingerprint density at radius 2 is 1.94 bits per heavy atom. The van der Waals surface area contributed by atoms with E-state index >= 15 is 0 Å². The number of anilines is 1. The predicted octanol–water partition coefficient (Wildman–Crippen LogP) is 4.03. The van der Waals surface area contributed by atoms with Crippen LogP contribution in [-0.4, -0.2) is 45.8 Å². The monoisotopic (exact) mass is 438 g/mol. The van der Waals surface area contributed by atoms with Crippen molar-refractivity contribution >= 4 is 28.3 Å². The zero-order valence-electron chi connectivity index (χ0n) is 16.2. The highest BCUT2D eigenvalue weighted by molar-refractivity contribution is 6.31. The van der Waals surface area contributed by atoms with Crippen LogP contribution in [0.5, 0.6) is 0 Å². The first-order valence-corrected chi connectivity index (χ1v) is 10.4. The summed E-state index contributed by atoms with van der Waals surface area (Å²) in [6.07, 6.45) is 3.52. The summed E-state index contributed by atoms with van der Waals surface area (Å²) in [5, 5.41) is 10.2. The molecule has 4 aromatic rings. The van der Waals surface area contributed by atoms with Crippen molar-refractivity contribution < 1.29 is 8.78 Å². The van der Waals surface area contributed by atoms with E-state index in [9.17, 15) is 8.78 Å². The summed E-state index contributed by atoms with van der Waals surface area (Å²) in [5.41, 5.74) is 4.18. The van der Waals surface area contributed by atoms with Crippen LogP contribution in [0.3, 0.4) is 0 Å². The molecule has 2 aliphatic rings. The zero-order chi connectivity index (χ0) is 21.1. The average molecular weight is 439 g/mol. The third-order valence-corrected chi connectivity index (χ3v) is 6.44. The Morgan fingerprint density at radius 3 is 2.71 bits per heavy atom. The van der Waals surface area contributed by atoms with Crippen LogP contribution >= 0.6 is 11.6 Å². The zero-order valence-corrected chi connectivity index (χ0v) is 17.0. The molecule has 3 aromatic heterocycles. The van der Waals surface area contributed by atoms with E-state index in [1.165, 1.54) is 6.07 Å². The minimum atomic E-state index is -0.812. The maximum Gasteiger partial charge on any atom is 0.144 e. The smallest absolute Gasteiger partial charge is 0.144 e. The fraction of sp³-hybridized carbons (Fsp3) is 0.227. The molecule has 0 aliphatic carbocycles. The van der Waals surface area contributed by atoms with Crippen molar-refractivity contribution in [2.24, 2.45) is 5.92 Å². The van der Waals surface area contributed by atoms with Crippen LogP contribution in [0.1, 0.15) is 0 Å². The Morgan fingerprint density at radius 1 is 1.03 bits per heavy atom. The van der Waals surface area contributed by atoms with Gasteiger partial charge in [0, 0.05) is 55.0 Å². The number of hydrogen-bond acceptors (Lipinski definition) is 5. The van der Waals surface area contributed by atoms with Gasteiger partial charge in [0.1, 0.15) is 17.3 Å². The fourth-order valence-corrected chi connectivity index (χ4v) is 4.54. The first-order chi connectivity index (χ1) is 15.1. The van der Waals surface area contributed by atoms with Crippen molar-refractivity contribution in [2.75, 3.05) is 24.5 Å². The van der Waals surface area contributed by atoms with E-state index in [0.717, 1.165) is 42.4 Å². The minimum Gasteiger partial charge on any atom is -0.368 e. The number of nitrogens with zero attached hydrogens (tertiary/aromatic N) is 4. The molecule has 2 N–H and O–H groups in total. The number of nitrogens with one attached hydrogen (secondary N) is 2. The molecule has 2 atom stereocenters. The Hall–Kier alpha value is -3.10. The largest absolute Gasteiger partial charge is 0.368 e. The third kappa shape index (κ3) is 3.05. The van der Waals surface area contributed by atoms with E-state index in [0.29, 0.717) is 28.9 Å². The van der Waals surface area contributed by atoms with Crippen molar-refractivity contribution in [2.45, 2.75) is 6.04 Å². The van der Waals surface area contributed by atoms with Gasteiger partial charge in [-0.2, -0.15) is 5.10 Å². The summed E-state index contributed by atoms with van der Waals surface area (Å²) < 4.78 is 28.0. The molecule has 6 nitrogen and oxygen atoms in total. The topological polar surface area (TPSA) is 69.7 Å². The average Bonchev–Trinajstić information content (AvgIpc) is 3.35. The summed E-state index contributed by atoms with van der Waals surface area (Å²) in [5.74, 6) is -0.855. The number of pyridine rings is 2. The van der Waals surface area contributed by atoms with Gasteiger partial charge in [0.25, 0.3) is 0 Å². The van der Waals surface area contributed by atoms with Crippen LogP contribution in [0.4, 0.5) is 14.5 Å². The fourth-order valence-electron chi connectivity index (χ4n) is 4.38. The van der Waals surface area contributed by atoms with E-state index in [4.69, 9.17) is 16.6 Å². The summed E-state index contributed by atoms with van der Waals surface area (Å²) >= 11 is 5.87. The Bertz CT molecular complexity index is 1310. The summed E-state index contributed by atoms with van der Waals surface area (Å²) in [6.45, 7) is 3.05. The first kappa shape index (κ1) is 18.7. The normalized spacial score (nSPS) is 20.2. The first-order valence-electron chi connectivity index (χ1n) is 10.0. The van der Waals surface area contributed by atoms with Gasteiger partial charge < -0.3 is 10.2 Å². The molecule has 2 saturated heterocycles. The molecule has 0 bridgehead atoms. The molecule has 5 heterocycles. The van der Waals surface area contributed by atoms with Crippen LogP contribution < -0.4 is 10.2 Å². The van der Waals surface area contributed by atoms with Crippen molar-refractivity contribution in [3.05, 3.63) is 59.4 Å². The number of fused-ring (bicyclic) bond motifs is 2. The molecule has 156 valence electrons. The molecule has 31 heavy (non-hydrogen) atoms. The Labute approximate surface area is 181 Å². The lowest BCUT2D eigenvalue weighted by molar-refractivity contribution is 0.297. The maximum atomic E-state index is 14.4. The van der Waals surface area contributed by atoms with Gasteiger partial charge >= 0.3 is 0 Å². The van der Waals surface area contributed by atoms with E-state index < -0.39 is 11.6 Å². The van der Waals surface area contributed by atoms with Crippen LogP contribution in [0, 0.1) is 17.6 Å². The highest BCUT2D eigenvalue weighted by Gasteiger charge is 2.39. The van der Waals surface area contributed by atoms with Crippen LogP contribution in [0.2, 0.25) is 5.02 Å². The molecule has 9 heteroatoms. The number of aromatic amines is 1. The number of H-pyrrole nitrogens is 1. The molecule has 2 fully saturated rings. The highest BCUT2D eigenvalue weighted by atomic mass is 35.5. The molecule has 0 amide bonds. The van der Waals surface area contributed by atoms with E-state index in [2.05, 4.69) is 25.4 Å². The van der Waals surface area contributed by atoms with Gasteiger partial charge in [0.05, 0.1) is 33.6 Å². The van der Waals surface area contributed by atoms with Gasteiger partial charge in [-0.25, -0.2) is 13.8 Å². The Balaban J connectivity index is 1.40. The van der Waals surface area contributed by atoms with Crippen LogP contribution in [0.15, 0.2) is 42.7 Å². The molecular formula is C22H17ClF2N6. The molecule has 2 unspecified atom stereocenters. The lowest BCUT2D eigenvalue weighted by atomic mass is 9.96. The predicted molar refractivity (Wildman–Crippen MR) is 115 cm³/mol. The molecule has 2 aliphatic heterocycles. The lowest BCUT2D eigenvalue weighted by Crippen LogP contribution is -2.51. The van der Waals surface area contributed by atoms with Crippen LogP contribution in [0.25, 0.3) is 33.5 Å². The quantitative estimate of drug-likeness (QED) is 0.473. The van der Waals surface area contributed by atoms with Crippen molar-refractivity contribution in [3.8, 4) is 22.5 Å². The van der Waals surface area contributed by atoms with E-state index in [1.54, 1.807) is 6.20 Å². The van der Waals surface area contributed by atoms with Gasteiger partial charge in [-0.3, -0.25) is 10.1 Å². The van der Waals surface area contributed by atoms with Gasteiger partial charge in [-0.1, -0.05) is 11.6 Å². The number of aromatic nitrogens is 4. The molecule has 0 radical (unpaired) electrons. The maximum absolute atomic E-state index is 14.4. The number of benzene rings is 1. The van der Waals surface area contributed by atoms with E-state index in [-0.39, 0.29) is 10.6 Å².